The van der Waals surface area contributed by atoms with Gasteiger partial charge in [-0.2, -0.15) is 0 Å². The molecule has 9 nitrogen and oxygen atoms in total. The number of aromatic amines is 1. The topological polar surface area (TPSA) is 113 Å². The van der Waals surface area contributed by atoms with Gasteiger partial charge in [0.25, 0.3) is 5.91 Å². The second-order valence-electron chi connectivity index (χ2n) is 9.95. The van der Waals surface area contributed by atoms with Crippen LogP contribution in [-0.4, -0.2) is 69.9 Å². The average Bonchev–Trinajstić information content (AvgIpc) is 3.48. The van der Waals surface area contributed by atoms with E-state index < -0.39 is 6.04 Å². The van der Waals surface area contributed by atoms with Crippen LogP contribution in [0, 0.1) is 0 Å². The molecule has 40 heavy (non-hydrogen) atoms. The van der Waals surface area contributed by atoms with Crippen molar-refractivity contribution < 1.29 is 19.4 Å². The van der Waals surface area contributed by atoms with E-state index in [0.29, 0.717) is 38.2 Å². The van der Waals surface area contributed by atoms with E-state index in [2.05, 4.69) is 49.4 Å². The Balaban J connectivity index is 1.34. The first-order chi connectivity index (χ1) is 19.7. The molecule has 208 valence electrons. The maximum Gasteiger partial charge on any atom is 0.251 e. The molecule has 1 amide bonds. The number of hydrogen-bond acceptors (Lipinski definition) is 7. The number of nitrogens with zero attached hydrogens (tertiary/aromatic N) is 3. The third-order valence-corrected chi connectivity index (χ3v) is 6.84. The van der Waals surface area contributed by atoms with Gasteiger partial charge in [-0.25, -0.2) is 4.98 Å². The Morgan fingerprint density at radius 1 is 1.07 bits per heavy atom. The minimum absolute atomic E-state index is 0.178. The molecule has 0 radical (unpaired) electrons. The van der Waals surface area contributed by atoms with E-state index in [-0.39, 0.29) is 12.5 Å². The molecule has 2 aromatic heterocycles. The molecule has 4 aromatic rings. The van der Waals surface area contributed by atoms with Gasteiger partial charge in [-0.15, -0.1) is 0 Å². The molecule has 0 spiro atoms. The lowest BCUT2D eigenvalue weighted by atomic mass is 9.99. The third-order valence-electron chi connectivity index (χ3n) is 6.84. The zero-order valence-corrected chi connectivity index (χ0v) is 22.5. The fourth-order valence-corrected chi connectivity index (χ4v) is 4.85. The summed E-state index contributed by atoms with van der Waals surface area (Å²) < 4.78 is 12.0. The van der Waals surface area contributed by atoms with Crippen molar-refractivity contribution in [1.29, 1.82) is 0 Å². The predicted molar refractivity (Wildman–Crippen MR) is 151 cm³/mol. The highest BCUT2D eigenvalue weighted by molar-refractivity contribution is 5.94. The standard InChI is InChI=1S/C31H35N5O4/c37-21-29(17-28-18-32-22-34-28)35-31(38)25-7-8-30-26(16-25)15-23-4-3-5-24(14-23)19-36(10-11-39-12-13-40-30)20-27-6-1-2-9-33-27/h1-9,14,16,18,22,29,37H,10-13,15,17,19-21H2,(H,32,34)(H,35,38)/t29-/m0/s1. The minimum Gasteiger partial charge on any atom is -0.491 e. The van der Waals surface area contributed by atoms with Crippen LogP contribution in [0.25, 0.3) is 0 Å². The van der Waals surface area contributed by atoms with Crippen LogP contribution in [-0.2, 0) is 30.7 Å². The SMILES string of the molecule is O=C(N[C@H](CO)Cc1cnc[nH]1)c1ccc2c(c1)Cc1cccc(c1)CN(Cc1ccccn1)CCOCCO2. The van der Waals surface area contributed by atoms with Crippen LogP contribution in [0.3, 0.4) is 0 Å². The minimum atomic E-state index is -0.430. The maximum absolute atomic E-state index is 13.1. The summed E-state index contributed by atoms with van der Waals surface area (Å²) in [6.45, 7) is 3.59. The third kappa shape index (κ3) is 7.75. The summed E-state index contributed by atoms with van der Waals surface area (Å²) in [6.07, 6.45) is 6.16. The lowest BCUT2D eigenvalue weighted by Crippen LogP contribution is -2.39. The van der Waals surface area contributed by atoms with Crippen molar-refractivity contribution in [3.8, 4) is 5.75 Å². The number of aliphatic hydroxyl groups excluding tert-OH is 1. The van der Waals surface area contributed by atoms with Crippen LogP contribution in [0.5, 0.6) is 5.75 Å². The van der Waals surface area contributed by atoms with E-state index >= 15 is 0 Å². The molecule has 3 heterocycles. The Kier molecular flexibility index (Phi) is 9.52. The van der Waals surface area contributed by atoms with Crippen LogP contribution >= 0.6 is 0 Å². The number of H-pyrrole nitrogens is 1. The van der Waals surface area contributed by atoms with E-state index in [1.807, 2.05) is 36.5 Å². The van der Waals surface area contributed by atoms with E-state index in [9.17, 15) is 9.90 Å². The van der Waals surface area contributed by atoms with Gasteiger partial charge in [-0.3, -0.25) is 14.7 Å². The summed E-state index contributed by atoms with van der Waals surface area (Å²) >= 11 is 0. The molecule has 1 aliphatic rings. The van der Waals surface area contributed by atoms with Crippen molar-refractivity contribution in [2.24, 2.45) is 0 Å². The first-order valence-corrected chi connectivity index (χ1v) is 13.6. The number of imidazole rings is 1. The first-order valence-electron chi connectivity index (χ1n) is 13.6. The molecular weight excluding hydrogens is 506 g/mol. The van der Waals surface area contributed by atoms with Crippen molar-refractivity contribution in [3.05, 3.63) is 113 Å². The van der Waals surface area contributed by atoms with Gasteiger partial charge < -0.3 is 24.9 Å². The number of amides is 1. The molecule has 0 saturated heterocycles. The normalized spacial score (nSPS) is 15.3. The second-order valence-corrected chi connectivity index (χ2v) is 9.95. The molecule has 1 atom stereocenters. The number of fused-ring (bicyclic) bond motifs is 3. The quantitative estimate of drug-likeness (QED) is 0.330. The van der Waals surface area contributed by atoms with Crippen LogP contribution < -0.4 is 10.1 Å². The van der Waals surface area contributed by atoms with Crippen molar-refractivity contribution in [3.63, 3.8) is 0 Å². The number of nitrogens with one attached hydrogen (secondary N) is 2. The van der Waals surface area contributed by atoms with Crippen molar-refractivity contribution >= 4 is 5.91 Å². The number of ether oxygens (including phenoxy) is 2. The van der Waals surface area contributed by atoms with Gasteiger partial charge in [0, 0.05) is 56.1 Å². The zero-order valence-electron chi connectivity index (χ0n) is 22.5. The van der Waals surface area contributed by atoms with Gasteiger partial charge in [0.2, 0.25) is 0 Å². The maximum atomic E-state index is 13.1. The first kappa shape index (κ1) is 27.5. The summed E-state index contributed by atoms with van der Waals surface area (Å²) in [7, 11) is 0. The number of aromatic nitrogens is 3. The van der Waals surface area contributed by atoms with E-state index in [1.54, 1.807) is 18.6 Å². The molecule has 0 unspecified atom stereocenters. The number of rotatable bonds is 7. The second kappa shape index (κ2) is 13.8. The summed E-state index contributed by atoms with van der Waals surface area (Å²) in [6, 6.07) is 19.6. The average molecular weight is 542 g/mol. The molecule has 3 N–H and O–H groups in total. The molecule has 0 saturated carbocycles. The molecule has 0 fully saturated rings. The number of carbonyl (C=O) groups is 1. The summed E-state index contributed by atoms with van der Waals surface area (Å²) in [5.74, 6) is 0.485. The van der Waals surface area contributed by atoms with Crippen LogP contribution in [0.4, 0.5) is 0 Å². The summed E-state index contributed by atoms with van der Waals surface area (Å²) in [4.78, 5) is 27.0. The van der Waals surface area contributed by atoms with Crippen molar-refractivity contribution in [2.75, 3.05) is 33.0 Å². The number of hydrogen-bond donors (Lipinski definition) is 3. The molecule has 2 bridgehead atoms. The highest BCUT2D eigenvalue weighted by Gasteiger charge is 2.17. The molecular formula is C31H35N5O4. The lowest BCUT2D eigenvalue weighted by molar-refractivity contribution is 0.0754. The van der Waals surface area contributed by atoms with Gasteiger partial charge in [-0.1, -0.05) is 30.3 Å². The largest absolute Gasteiger partial charge is 0.491 e. The molecule has 0 aliphatic carbocycles. The Labute approximate surface area is 234 Å². The Morgan fingerprint density at radius 3 is 2.83 bits per heavy atom. The highest BCUT2D eigenvalue weighted by Crippen LogP contribution is 2.25. The van der Waals surface area contributed by atoms with Crippen molar-refractivity contribution in [2.45, 2.75) is 32.0 Å². The van der Waals surface area contributed by atoms with E-state index in [4.69, 9.17) is 9.47 Å². The van der Waals surface area contributed by atoms with Gasteiger partial charge in [0.15, 0.2) is 0 Å². The van der Waals surface area contributed by atoms with Gasteiger partial charge in [0.1, 0.15) is 12.4 Å². The molecule has 2 aromatic carbocycles. The summed E-state index contributed by atoms with van der Waals surface area (Å²) in [5, 5.41) is 12.8. The van der Waals surface area contributed by atoms with Gasteiger partial charge >= 0.3 is 0 Å². The smallest absolute Gasteiger partial charge is 0.251 e. The van der Waals surface area contributed by atoms with E-state index in [0.717, 1.165) is 47.9 Å². The fraction of sp³-hybridized carbons (Fsp3) is 0.323. The predicted octanol–water partition coefficient (Wildman–Crippen LogP) is 3.14. The fourth-order valence-electron chi connectivity index (χ4n) is 4.85. The van der Waals surface area contributed by atoms with Crippen LogP contribution in [0.1, 0.15) is 38.4 Å². The highest BCUT2D eigenvalue weighted by atomic mass is 16.5. The van der Waals surface area contributed by atoms with E-state index in [1.165, 1.54) is 5.56 Å². The van der Waals surface area contributed by atoms with Gasteiger partial charge in [0.05, 0.1) is 37.9 Å². The van der Waals surface area contributed by atoms with Gasteiger partial charge in [-0.05, 0) is 47.0 Å². The molecule has 1 aliphatic heterocycles. The van der Waals surface area contributed by atoms with Crippen LogP contribution in [0.2, 0.25) is 0 Å². The zero-order chi connectivity index (χ0) is 27.6. The monoisotopic (exact) mass is 541 g/mol. The number of benzene rings is 2. The number of pyridine rings is 1. The summed E-state index contributed by atoms with van der Waals surface area (Å²) in [5.41, 5.74) is 5.64. The molecule has 9 heteroatoms. The van der Waals surface area contributed by atoms with Crippen molar-refractivity contribution in [1.82, 2.24) is 25.2 Å². The van der Waals surface area contributed by atoms with Crippen LogP contribution in [0.15, 0.2) is 79.4 Å². The Hall–Kier alpha value is -4.05. The Morgan fingerprint density at radius 2 is 2.00 bits per heavy atom. The lowest BCUT2D eigenvalue weighted by Gasteiger charge is -2.23. The number of carbonyl (C=O) groups excluding carboxylic acids is 1. The number of aliphatic hydroxyl groups is 1. The Bertz CT molecular complexity index is 1360. The molecule has 5 rings (SSSR count).